The van der Waals surface area contributed by atoms with Crippen LogP contribution >= 0.6 is 11.6 Å². The van der Waals surface area contributed by atoms with Crippen LogP contribution in [0, 0.1) is 0 Å². The van der Waals surface area contributed by atoms with E-state index in [-0.39, 0.29) is 12.5 Å². The molecule has 1 amide bonds. The molecule has 3 aromatic rings. The number of hydrogen-bond donors (Lipinski definition) is 1. The first-order valence-electron chi connectivity index (χ1n) is 6.98. The maximum absolute atomic E-state index is 12.0. The van der Waals surface area contributed by atoms with Gasteiger partial charge in [-0.25, -0.2) is 4.98 Å². The standard InChI is InChI=1S/C17H14ClN3O2/c18-13-5-7-14(8-6-13)20-17(22)11-23-16-4-2-1-3-15(16)21-10-9-19-12-21/h1-10,12H,11H2,(H,20,22). The number of carbonyl (C=O) groups excluding carboxylic acids is 1. The summed E-state index contributed by atoms with van der Waals surface area (Å²) < 4.78 is 7.46. The number of benzene rings is 2. The van der Waals surface area contributed by atoms with Gasteiger partial charge in [0, 0.05) is 23.1 Å². The van der Waals surface area contributed by atoms with Gasteiger partial charge in [0.2, 0.25) is 0 Å². The van der Waals surface area contributed by atoms with E-state index in [1.165, 1.54) is 0 Å². The van der Waals surface area contributed by atoms with E-state index in [2.05, 4.69) is 10.3 Å². The molecule has 0 aliphatic heterocycles. The SMILES string of the molecule is O=C(COc1ccccc1-n1ccnc1)Nc1ccc(Cl)cc1. The first-order valence-corrected chi connectivity index (χ1v) is 7.36. The van der Waals surface area contributed by atoms with E-state index in [1.807, 2.05) is 35.0 Å². The first-order chi connectivity index (χ1) is 11.2. The Hall–Kier alpha value is -2.79. The Morgan fingerprint density at radius 1 is 1.17 bits per heavy atom. The summed E-state index contributed by atoms with van der Waals surface area (Å²) in [6.45, 7) is -0.0890. The van der Waals surface area contributed by atoms with Gasteiger partial charge < -0.3 is 14.6 Å². The fraction of sp³-hybridized carbons (Fsp3) is 0.0588. The normalized spacial score (nSPS) is 10.3. The highest BCUT2D eigenvalue weighted by molar-refractivity contribution is 6.30. The van der Waals surface area contributed by atoms with Crippen LogP contribution in [0.2, 0.25) is 5.02 Å². The summed E-state index contributed by atoms with van der Waals surface area (Å²) in [6.07, 6.45) is 5.18. The molecule has 6 heteroatoms. The number of carbonyl (C=O) groups is 1. The van der Waals surface area contributed by atoms with E-state index in [9.17, 15) is 4.79 Å². The molecule has 0 aliphatic carbocycles. The van der Waals surface area contributed by atoms with E-state index < -0.39 is 0 Å². The van der Waals surface area contributed by atoms with Crippen molar-refractivity contribution in [1.82, 2.24) is 9.55 Å². The van der Waals surface area contributed by atoms with Crippen LogP contribution in [0.5, 0.6) is 5.75 Å². The van der Waals surface area contributed by atoms with E-state index in [1.54, 1.807) is 36.8 Å². The lowest BCUT2D eigenvalue weighted by Gasteiger charge is -2.12. The summed E-state index contributed by atoms with van der Waals surface area (Å²) in [4.78, 5) is 16.0. The number of para-hydroxylation sites is 2. The van der Waals surface area contributed by atoms with Crippen LogP contribution in [0.15, 0.2) is 67.3 Å². The lowest BCUT2D eigenvalue weighted by Crippen LogP contribution is -2.20. The summed E-state index contributed by atoms with van der Waals surface area (Å²) in [5, 5.41) is 3.37. The Labute approximate surface area is 138 Å². The number of hydrogen-bond acceptors (Lipinski definition) is 3. The van der Waals surface area contributed by atoms with Gasteiger partial charge in [-0.05, 0) is 36.4 Å². The largest absolute Gasteiger partial charge is 0.482 e. The Balaban J connectivity index is 1.64. The Kier molecular flexibility index (Phi) is 4.59. The van der Waals surface area contributed by atoms with Crippen LogP contribution in [0.4, 0.5) is 5.69 Å². The van der Waals surface area contributed by atoms with Crippen molar-refractivity contribution in [3.63, 3.8) is 0 Å². The third-order valence-corrected chi connectivity index (χ3v) is 3.39. The minimum absolute atomic E-state index is 0.0890. The number of rotatable bonds is 5. The van der Waals surface area contributed by atoms with Crippen molar-refractivity contribution in [2.75, 3.05) is 11.9 Å². The summed E-state index contributed by atoms with van der Waals surface area (Å²) in [6, 6.07) is 14.4. The van der Waals surface area contributed by atoms with Gasteiger partial charge in [0.25, 0.3) is 5.91 Å². The van der Waals surface area contributed by atoms with Crippen molar-refractivity contribution in [3.8, 4) is 11.4 Å². The number of ether oxygens (including phenoxy) is 1. The first kappa shape index (κ1) is 15.1. The molecule has 116 valence electrons. The second-order valence-electron chi connectivity index (χ2n) is 4.78. The molecule has 0 saturated carbocycles. The molecule has 0 spiro atoms. The van der Waals surface area contributed by atoms with Gasteiger partial charge in [-0.15, -0.1) is 0 Å². The van der Waals surface area contributed by atoms with Gasteiger partial charge in [-0.1, -0.05) is 23.7 Å². The van der Waals surface area contributed by atoms with Crippen molar-refractivity contribution >= 4 is 23.2 Å². The average Bonchev–Trinajstić information content (AvgIpc) is 3.10. The molecule has 0 bridgehead atoms. The number of nitrogens with one attached hydrogen (secondary N) is 1. The highest BCUT2D eigenvalue weighted by atomic mass is 35.5. The van der Waals surface area contributed by atoms with Crippen LogP contribution in [0.3, 0.4) is 0 Å². The van der Waals surface area contributed by atoms with Crippen molar-refractivity contribution < 1.29 is 9.53 Å². The van der Waals surface area contributed by atoms with E-state index in [0.717, 1.165) is 5.69 Å². The van der Waals surface area contributed by atoms with E-state index in [0.29, 0.717) is 16.5 Å². The molecular weight excluding hydrogens is 314 g/mol. The molecule has 1 aromatic heterocycles. The number of nitrogens with zero attached hydrogens (tertiary/aromatic N) is 2. The molecule has 0 unspecified atom stereocenters. The average molecular weight is 328 g/mol. The summed E-state index contributed by atoms with van der Waals surface area (Å²) in [7, 11) is 0. The third-order valence-electron chi connectivity index (χ3n) is 3.13. The van der Waals surface area contributed by atoms with Gasteiger partial charge in [0.15, 0.2) is 6.61 Å². The van der Waals surface area contributed by atoms with Gasteiger partial charge >= 0.3 is 0 Å². The zero-order valence-electron chi connectivity index (χ0n) is 12.1. The molecule has 0 aliphatic rings. The number of aromatic nitrogens is 2. The topological polar surface area (TPSA) is 56.2 Å². The summed E-state index contributed by atoms with van der Waals surface area (Å²) in [5.74, 6) is 0.365. The molecule has 1 heterocycles. The zero-order chi connectivity index (χ0) is 16.1. The molecule has 0 fully saturated rings. The fourth-order valence-electron chi connectivity index (χ4n) is 2.07. The Morgan fingerprint density at radius 3 is 2.70 bits per heavy atom. The van der Waals surface area contributed by atoms with Gasteiger partial charge in [-0.3, -0.25) is 4.79 Å². The van der Waals surface area contributed by atoms with Crippen LogP contribution in [-0.4, -0.2) is 22.1 Å². The zero-order valence-corrected chi connectivity index (χ0v) is 12.9. The molecule has 0 atom stereocenters. The molecule has 1 N–H and O–H groups in total. The number of anilines is 1. The molecule has 0 saturated heterocycles. The highest BCUT2D eigenvalue weighted by Crippen LogP contribution is 2.22. The van der Waals surface area contributed by atoms with E-state index in [4.69, 9.17) is 16.3 Å². The lowest BCUT2D eigenvalue weighted by atomic mass is 10.3. The second kappa shape index (κ2) is 6.98. The van der Waals surface area contributed by atoms with Gasteiger partial charge in [0.1, 0.15) is 5.75 Å². The predicted molar refractivity (Wildman–Crippen MR) is 89.1 cm³/mol. The number of amides is 1. The monoisotopic (exact) mass is 327 g/mol. The van der Waals surface area contributed by atoms with Gasteiger partial charge in [0.05, 0.1) is 12.0 Å². The lowest BCUT2D eigenvalue weighted by molar-refractivity contribution is -0.118. The Bertz CT molecular complexity index is 786. The summed E-state index contributed by atoms with van der Waals surface area (Å²) >= 11 is 5.81. The molecular formula is C17H14ClN3O2. The van der Waals surface area contributed by atoms with E-state index >= 15 is 0 Å². The number of imidazole rings is 1. The molecule has 2 aromatic carbocycles. The van der Waals surface area contributed by atoms with Crippen LogP contribution in [-0.2, 0) is 4.79 Å². The third kappa shape index (κ3) is 3.90. The van der Waals surface area contributed by atoms with Crippen LogP contribution in [0.1, 0.15) is 0 Å². The molecule has 0 radical (unpaired) electrons. The minimum Gasteiger partial charge on any atom is -0.482 e. The molecule has 5 nitrogen and oxygen atoms in total. The minimum atomic E-state index is -0.243. The Morgan fingerprint density at radius 2 is 1.96 bits per heavy atom. The van der Waals surface area contributed by atoms with Crippen molar-refractivity contribution in [1.29, 1.82) is 0 Å². The fourth-order valence-corrected chi connectivity index (χ4v) is 2.19. The van der Waals surface area contributed by atoms with Crippen molar-refractivity contribution in [2.45, 2.75) is 0 Å². The number of halogens is 1. The quantitative estimate of drug-likeness (QED) is 0.779. The van der Waals surface area contributed by atoms with Crippen molar-refractivity contribution in [2.24, 2.45) is 0 Å². The predicted octanol–water partition coefficient (Wildman–Crippen LogP) is 3.54. The molecule has 23 heavy (non-hydrogen) atoms. The maximum Gasteiger partial charge on any atom is 0.262 e. The molecule has 3 rings (SSSR count). The van der Waals surface area contributed by atoms with Crippen LogP contribution in [0.25, 0.3) is 5.69 Å². The second-order valence-corrected chi connectivity index (χ2v) is 5.22. The van der Waals surface area contributed by atoms with Crippen molar-refractivity contribution in [3.05, 3.63) is 72.3 Å². The highest BCUT2D eigenvalue weighted by Gasteiger charge is 2.08. The van der Waals surface area contributed by atoms with Gasteiger partial charge in [-0.2, -0.15) is 0 Å². The van der Waals surface area contributed by atoms with Crippen LogP contribution < -0.4 is 10.1 Å². The smallest absolute Gasteiger partial charge is 0.262 e. The summed E-state index contributed by atoms with van der Waals surface area (Å²) in [5.41, 5.74) is 1.50. The maximum atomic E-state index is 12.0.